The van der Waals surface area contributed by atoms with Gasteiger partial charge < -0.3 is 5.32 Å². The molecule has 0 amide bonds. The van der Waals surface area contributed by atoms with E-state index in [2.05, 4.69) is 49.7 Å². The topological polar surface area (TPSA) is 35.8 Å². The van der Waals surface area contributed by atoms with E-state index in [9.17, 15) is 0 Å². The normalized spacial score (nSPS) is 13.3. The monoisotopic (exact) mass is 250 g/mol. The molecule has 0 aliphatic rings. The molecule has 1 rings (SSSR count). The molecule has 0 saturated heterocycles. The van der Waals surface area contributed by atoms with E-state index < -0.39 is 0 Å². The van der Waals surface area contributed by atoms with Gasteiger partial charge in [0.1, 0.15) is 0 Å². The lowest BCUT2D eigenvalue weighted by Gasteiger charge is -2.27. The maximum atomic E-state index is 8.63. The fourth-order valence-corrected chi connectivity index (χ4v) is 2.70. The van der Waals surface area contributed by atoms with Crippen molar-refractivity contribution in [1.29, 1.82) is 5.26 Å². The highest BCUT2D eigenvalue weighted by atomic mass is 32.1. The molecule has 0 aliphatic heterocycles. The molecule has 1 N–H and O–H groups in total. The second-order valence-electron chi connectivity index (χ2n) is 5.18. The number of hydrogen-bond donors (Lipinski definition) is 1. The molecule has 0 spiro atoms. The van der Waals surface area contributed by atoms with Gasteiger partial charge in [-0.3, -0.25) is 0 Å². The Hall–Kier alpha value is -0.850. The van der Waals surface area contributed by atoms with Crippen molar-refractivity contribution < 1.29 is 0 Å². The first-order valence-electron chi connectivity index (χ1n) is 6.23. The molecular weight excluding hydrogens is 228 g/mol. The Kier molecular flexibility index (Phi) is 5.67. The van der Waals surface area contributed by atoms with E-state index >= 15 is 0 Å². The summed E-state index contributed by atoms with van der Waals surface area (Å²) in [6, 6.07) is 6.97. The van der Waals surface area contributed by atoms with E-state index in [1.807, 2.05) is 11.3 Å². The van der Waals surface area contributed by atoms with Crippen molar-refractivity contribution in [3.63, 3.8) is 0 Å². The predicted molar refractivity (Wildman–Crippen MR) is 74.0 cm³/mol. The van der Waals surface area contributed by atoms with Crippen LogP contribution in [0.3, 0.4) is 0 Å². The minimum atomic E-state index is 0.195. The molecule has 0 radical (unpaired) electrons. The molecule has 0 saturated carbocycles. The van der Waals surface area contributed by atoms with Crippen molar-refractivity contribution in [2.45, 2.75) is 46.1 Å². The van der Waals surface area contributed by atoms with Gasteiger partial charge in [0.2, 0.25) is 0 Å². The smallest absolute Gasteiger partial charge is 0.0621 e. The number of nitrogens with zero attached hydrogens (tertiary/aromatic N) is 1. The Morgan fingerprint density at radius 1 is 1.53 bits per heavy atom. The number of nitriles is 1. The maximum Gasteiger partial charge on any atom is 0.0621 e. The van der Waals surface area contributed by atoms with Gasteiger partial charge in [0.25, 0.3) is 0 Å². The van der Waals surface area contributed by atoms with E-state index in [1.165, 1.54) is 4.88 Å². The van der Waals surface area contributed by atoms with Gasteiger partial charge in [0.05, 0.1) is 6.07 Å². The molecule has 1 aromatic heterocycles. The van der Waals surface area contributed by atoms with Crippen molar-refractivity contribution in [3.05, 3.63) is 22.4 Å². The highest BCUT2D eigenvalue weighted by Crippen LogP contribution is 2.25. The number of hydrogen-bond acceptors (Lipinski definition) is 3. The standard InChI is InChI=1S/C14H22N2S/c1-4-12(13-7-5-10-17-13)16-11-14(2,3)8-6-9-15/h5,7,10,12,16H,4,6,8,11H2,1-3H3. The average Bonchev–Trinajstić information content (AvgIpc) is 2.81. The highest BCUT2D eigenvalue weighted by Gasteiger charge is 2.19. The Labute approximate surface area is 109 Å². The second kappa shape index (κ2) is 6.78. The lowest BCUT2D eigenvalue weighted by atomic mass is 9.87. The Balaban J connectivity index is 2.45. The summed E-state index contributed by atoms with van der Waals surface area (Å²) in [6.07, 6.45) is 2.71. The van der Waals surface area contributed by atoms with Crippen LogP contribution in [-0.4, -0.2) is 6.54 Å². The van der Waals surface area contributed by atoms with E-state index in [-0.39, 0.29) is 5.41 Å². The number of rotatable bonds is 7. The van der Waals surface area contributed by atoms with Crippen molar-refractivity contribution in [2.24, 2.45) is 5.41 Å². The van der Waals surface area contributed by atoms with Gasteiger partial charge in [0, 0.05) is 23.9 Å². The van der Waals surface area contributed by atoms with Crippen LogP contribution in [0.2, 0.25) is 0 Å². The molecule has 1 heterocycles. The van der Waals surface area contributed by atoms with E-state index in [0.717, 1.165) is 19.4 Å². The molecule has 0 fully saturated rings. The van der Waals surface area contributed by atoms with Crippen LogP contribution in [0, 0.1) is 16.7 Å². The van der Waals surface area contributed by atoms with Gasteiger partial charge in [-0.15, -0.1) is 11.3 Å². The summed E-state index contributed by atoms with van der Waals surface area (Å²) >= 11 is 1.81. The fourth-order valence-electron chi connectivity index (χ4n) is 1.82. The summed E-state index contributed by atoms with van der Waals surface area (Å²) in [5.41, 5.74) is 0.195. The molecule has 94 valence electrons. The lowest BCUT2D eigenvalue weighted by Crippen LogP contribution is -2.31. The lowest BCUT2D eigenvalue weighted by molar-refractivity contribution is 0.299. The third-order valence-electron chi connectivity index (χ3n) is 3.04. The molecule has 3 heteroatoms. The van der Waals surface area contributed by atoms with Gasteiger partial charge in [0.15, 0.2) is 0 Å². The maximum absolute atomic E-state index is 8.63. The first-order chi connectivity index (χ1) is 8.09. The predicted octanol–water partition coefficient (Wildman–Crippen LogP) is 4.12. The number of nitrogens with one attached hydrogen (secondary N) is 1. The van der Waals surface area contributed by atoms with Crippen LogP contribution in [0.5, 0.6) is 0 Å². The van der Waals surface area contributed by atoms with Gasteiger partial charge in [-0.2, -0.15) is 5.26 Å². The van der Waals surface area contributed by atoms with Gasteiger partial charge in [-0.25, -0.2) is 0 Å². The zero-order valence-electron chi connectivity index (χ0n) is 11.0. The minimum absolute atomic E-state index is 0.195. The first-order valence-corrected chi connectivity index (χ1v) is 7.11. The van der Waals surface area contributed by atoms with Crippen LogP contribution in [0.1, 0.15) is 51.0 Å². The van der Waals surface area contributed by atoms with Gasteiger partial charge in [-0.05, 0) is 29.7 Å². The van der Waals surface area contributed by atoms with Crippen molar-refractivity contribution in [3.8, 4) is 6.07 Å². The fraction of sp³-hybridized carbons (Fsp3) is 0.643. The van der Waals surface area contributed by atoms with Crippen molar-refractivity contribution >= 4 is 11.3 Å². The SMILES string of the molecule is CCC(NCC(C)(C)CCC#N)c1cccs1. The van der Waals surface area contributed by atoms with Crippen LogP contribution in [0.25, 0.3) is 0 Å². The van der Waals surface area contributed by atoms with Crippen LogP contribution >= 0.6 is 11.3 Å². The third-order valence-corrected chi connectivity index (χ3v) is 4.02. The molecule has 1 unspecified atom stereocenters. The summed E-state index contributed by atoms with van der Waals surface area (Å²) in [4.78, 5) is 1.41. The van der Waals surface area contributed by atoms with Crippen molar-refractivity contribution in [1.82, 2.24) is 5.32 Å². The third kappa shape index (κ3) is 4.89. The number of thiophene rings is 1. The van der Waals surface area contributed by atoms with Crippen LogP contribution in [-0.2, 0) is 0 Å². The molecule has 2 nitrogen and oxygen atoms in total. The summed E-state index contributed by atoms with van der Waals surface area (Å²) in [7, 11) is 0. The summed E-state index contributed by atoms with van der Waals surface area (Å²) < 4.78 is 0. The quantitative estimate of drug-likeness (QED) is 0.790. The minimum Gasteiger partial charge on any atom is -0.309 e. The second-order valence-corrected chi connectivity index (χ2v) is 6.16. The van der Waals surface area contributed by atoms with Crippen LogP contribution in [0.4, 0.5) is 0 Å². The summed E-state index contributed by atoms with van der Waals surface area (Å²) in [5, 5.41) is 14.4. The molecular formula is C14H22N2S. The Morgan fingerprint density at radius 2 is 2.29 bits per heavy atom. The van der Waals surface area contributed by atoms with Crippen LogP contribution < -0.4 is 5.32 Å². The van der Waals surface area contributed by atoms with Gasteiger partial charge >= 0.3 is 0 Å². The molecule has 1 aromatic rings. The zero-order valence-corrected chi connectivity index (χ0v) is 11.8. The Bertz CT molecular complexity index is 349. The summed E-state index contributed by atoms with van der Waals surface area (Å²) in [5.74, 6) is 0. The van der Waals surface area contributed by atoms with E-state index in [4.69, 9.17) is 5.26 Å². The van der Waals surface area contributed by atoms with Crippen molar-refractivity contribution in [2.75, 3.05) is 6.54 Å². The molecule has 0 aromatic carbocycles. The molecule has 17 heavy (non-hydrogen) atoms. The largest absolute Gasteiger partial charge is 0.309 e. The molecule has 0 aliphatic carbocycles. The van der Waals surface area contributed by atoms with Crippen LogP contribution in [0.15, 0.2) is 17.5 Å². The zero-order chi connectivity index (χ0) is 12.7. The molecule has 0 bridgehead atoms. The summed E-state index contributed by atoms with van der Waals surface area (Å²) in [6.45, 7) is 7.61. The molecule has 1 atom stereocenters. The first kappa shape index (κ1) is 14.2. The van der Waals surface area contributed by atoms with E-state index in [1.54, 1.807) is 0 Å². The Morgan fingerprint density at radius 3 is 2.82 bits per heavy atom. The van der Waals surface area contributed by atoms with E-state index in [0.29, 0.717) is 12.5 Å². The average molecular weight is 250 g/mol. The highest BCUT2D eigenvalue weighted by molar-refractivity contribution is 7.10. The van der Waals surface area contributed by atoms with Gasteiger partial charge in [-0.1, -0.05) is 26.8 Å².